The van der Waals surface area contributed by atoms with E-state index in [1.165, 1.54) is 6.07 Å². The van der Waals surface area contributed by atoms with Crippen LogP contribution in [0.2, 0.25) is 5.02 Å². The van der Waals surface area contributed by atoms with Gasteiger partial charge in [-0.05, 0) is 43.7 Å². The van der Waals surface area contributed by atoms with Gasteiger partial charge in [-0.2, -0.15) is 0 Å². The van der Waals surface area contributed by atoms with E-state index in [4.69, 9.17) is 11.6 Å². The SMILES string of the molecule is CCCNC(Cc1c(F)cccc1Cl)c1ccccn1. The predicted molar refractivity (Wildman–Crippen MR) is 80.4 cm³/mol. The number of aromatic nitrogens is 1. The summed E-state index contributed by atoms with van der Waals surface area (Å²) in [6.45, 7) is 2.95. The number of nitrogens with zero attached hydrogens (tertiary/aromatic N) is 1. The van der Waals surface area contributed by atoms with Crippen molar-refractivity contribution in [3.05, 3.63) is 64.7 Å². The highest BCUT2D eigenvalue weighted by atomic mass is 35.5. The maximum Gasteiger partial charge on any atom is 0.127 e. The van der Waals surface area contributed by atoms with Gasteiger partial charge in [0.05, 0.1) is 11.7 Å². The third-order valence-corrected chi connectivity index (χ3v) is 3.51. The minimum absolute atomic E-state index is 0.0365. The average molecular weight is 293 g/mol. The van der Waals surface area contributed by atoms with E-state index in [2.05, 4.69) is 17.2 Å². The maximum absolute atomic E-state index is 13.9. The van der Waals surface area contributed by atoms with Gasteiger partial charge in [0.2, 0.25) is 0 Å². The molecule has 1 aromatic heterocycles. The summed E-state index contributed by atoms with van der Waals surface area (Å²) in [5.74, 6) is -0.267. The van der Waals surface area contributed by atoms with E-state index in [0.29, 0.717) is 17.0 Å². The zero-order chi connectivity index (χ0) is 14.4. The molecule has 0 aliphatic carbocycles. The lowest BCUT2D eigenvalue weighted by Gasteiger charge is -2.19. The van der Waals surface area contributed by atoms with Gasteiger partial charge in [-0.15, -0.1) is 0 Å². The molecule has 1 unspecified atom stereocenters. The number of pyridine rings is 1. The average Bonchev–Trinajstić information content (AvgIpc) is 2.47. The molecule has 2 nitrogen and oxygen atoms in total. The van der Waals surface area contributed by atoms with Gasteiger partial charge in [-0.3, -0.25) is 4.98 Å². The van der Waals surface area contributed by atoms with E-state index in [-0.39, 0.29) is 11.9 Å². The van der Waals surface area contributed by atoms with Crippen LogP contribution in [0.1, 0.15) is 30.6 Å². The molecular formula is C16H18ClFN2. The zero-order valence-electron chi connectivity index (χ0n) is 11.4. The first-order chi connectivity index (χ1) is 9.72. The largest absolute Gasteiger partial charge is 0.308 e. The Kier molecular flexibility index (Phi) is 5.50. The van der Waals surface area contributed by atoms with E-state index >= 15 is 0 Å². The van der Waals surface area contributed by atoms with Gasteiger partial charge in [0.15, 0.2) is 0 Å². The van der Waals surface area contributed by atoms with E-state index in [9.17, 15) is 4.39 Å². The van der Waals surface area contributed by atoms with Gasteiger partial charge in [0.1, 0.15) is 5.82 Å². The van der Waals surface area contributed by atoms with Gasteiger partial charge >= 0.3 is 0 Å². The number of rotatable bonds is 6. The summed E-state index contributed by atoms with van der Waals surface area (Å²) in [6, 6.07) is 10.5. The molecule has 0 radical (unpaired) electrons. The van der Waals surface area contributed by atoms with Gasteiger partial charge in [-0.25, -0.2) is 4.39 Å². The Morgan fingerprint density at radius 3 is 2.75 bits per heavy atom. The van der Waals surface area contributed by atoms with Crippen LogP contribution in [-0.2, 0) is 6.42 Å². The maximum atomic E-state index is 13.9. The van der Waals surface area contributed by atoms with Crippen molar-refractivity contribution in [3.8, 4) is 0 Å². The summed E-state index contributed by atoms with van der Waals surface area (Å²) in [4.78, 5) is 4.36. The molecule has 0 aliphatic rings. The Bertz CT molecular complexity index is 525. The van der Waals surface area contributed by atoms with Crippen molar-refractivity contribution in [1.29, 1.82) is 0 Å². The van der Waals surface area contributed by atoms with E-state index in [0.717, 1.165) is 18.7 Å². The lowest BCUT2D eigenvalue weighted by molar-refractivity contribution is 0.503. The van der Waals surface area contributed by atoms with E-state index < -0.39 is 0 Å². The first kappa shape index (κ1) is 14.9. The Morgan fingerprint density at radius 1 is 1.25 bits per heavy atom. The van der Waals surface area contributed by atoms with Crippen LogP contribution >= 0.6 is 11.6 Å². The van der Waals surface area contributed by atoms with Crippen molar-refractivity contribution >= 4 is 11.6 Å². The van der Waals surface area contributed by atoms with Gasteiger partial charge in [0.25, 0.3) is 0 Å². The van der Waals surface area contributed by atoms with Crippen molar-refractivity contribution in [1.82, 2.24) is 10.3 Å². The molecule has 2 rings (SSSR count). The molecule has 4 heteroatoms. The second-order valence-electron chi connectivity index (χ2n) is 4.67. The van der Waals surface area contributed by atoms with Crippen molar-refractivity contribution in [2.45, 2.75) is 25.8 Å². The molecule has 0 aliphatic heterocycles. The van der Waals surface area contributed by atoms with Crippen molar-refractivity contribution in [2.24, 2.45) is 0 Å². The van der Waals surface area contributed by atoms with E-state index in [1.54, 1.807) is 18.3 Å². The number of nitrogens with one attached hydrogen (secondary N) is 1. The summed E-state index contributed by atoms with van der Waals surface area (Å²) < 4.78 is 13.9. The van der Waals surface area contributed by atoms with Crippen LogP contribution in [0.5, 0.6) is 0 Å². The molecule has 0 spiro atoms. The number of halogens is 2. The molecule has 1 aromatic carbocycles. The molecule has 0 amide bonds. The van der Waals surface area contributed by atoms with Crippen molar-refractivity contribution in [3.63, 3.8) is 0 Å². The summed E-state index contributed by atoms with van der Waals surface area (Å²) >= 11 is 6.11. The van der Waals surface area contributed by atoms with Gasteiger partial charge < -0.3 is 5.32 Å². The van der Waals surface area contributed by atoms with Crippen LogP contribution in [0.25, 0.3) is 0 Å². The highest BCUT2D eigenvalue weighted by Crippen LogP contribution is 2.25. The van der Waals surface area contributed by atoms with Crippen LogP contribution in [0.15, 0.2) is 42.6 Å². The lowest BCUT2D eigenvalue weighted by Crippen LogP contribution is -2.25. The normalized spacial score (nSPS) is 12.3. The highest BCUT2D eigenvalue weighted by Gasteiger charge is 2.17. The lowest BCUT2D eigenvalue weighted by atomic mass is 10.0. The molecule has 2 aromatic rings. The monoisotopic (exact) mass is 292 g/mol. The summed E-state index contributed by atoms with van der Waals surface area (Å²) in [6.07, 6.45) is 3.25. The zero-order valence-corrected chi connectivity index (χ0v) is 12.2. The van der Waals surface area contributed by atoms with Crippen LogP contribution in [0.3, 0.4) is 0 Å². The molecule has 1 heterocycles. The van der Waals surface area contributed by atoms with Crippen LogP contribution < -0.4 is 5.32 Å². The van der Waals surface area contributed by atoms with Crippen molar-refractivity contribution < 1.29 is 4.39 Å². The fourth-order valence-electron chi connectivity index (χ4n) is 2.11. The molecule has 1 atom stereocenters. The molecular weight excluding hydrogens is 275 g/mol. The first-order valence-electron chi connectivity index (χ1n) is 6.79. The van der Waals surface area contributed by atoms with Crippen LogP contribution in [0, 0.1) is 5.82 Å². The molecule has 0 bridgehead atoms. The summed E-state index contributed by atoms with van der Waals surface area (Å²) in [7, 11) is 0. The number of hydrogen-bond acceptors (Lipinski definition) is 2. The minimum atomic E-state index is -0.267. The smallest absolute Gasteiger partial charge is 0.127 e. The Balaban J connectivity index is 2.24. The Hall–Kier alpha value is -1.45. The third-order valence-electron chi connectivity index (χ3n) is 3.16. The van der Waals surface area contributed by atoms with Crippen molar-refractivity contribution in [2.75, 3.05) is 6.54 Å². The molecule has 0 fully saturated rings. The Labute approximate surface area is 124 Å². The molecule has 0 saturated carbocycles. The number of hydrogen-bond donors (Lipinski definition) is 1. The first-order valence-corrected chi connectivity index (χ1v) is 7.17. The van der Waals surface area contributed by atoms with Crippen LogP contribution in [0.4, 0.5) is 4.39 Å². The Morgan fingerprint density at radius 2 is 2.10 bits per heavy atom. The predicted octanol–water partition coefficient (Wildman–Crippen LogP) is 4.16. The third kappa shape index (κ3) is 3.78. The van der Waals surface area contributed by atoms with Gasteiger partial charge in [-0.1, -0.05) is 30.7 Å². The fourth-order valence-corrected chi connectivity index (χ4v) is 2.35. The minimum Gasteiger partial charge on any atom is -0.308 e. The summed E-state index contributed by atoms with van der Waals surface area (Å²) in [5, 5.41) is 3.86. The molecule has 0 saturated heterocycles. The second-order valence-corrected chi connectivity index (χ2v) is 5.07. The van der Waals surface area contributed by atoms with Gasteiger partial charge in [0, 0.05) is 16.8 Å². The number of benzene rings is 1. The fraction of sp³-hybridized carbons (Fsp3) is 0.312. The second kappa shape index (κ2) is 7.36. The van der Waals surface area contributed by atoms with Crippen LogP contribution in [-0.4, -0.2) is 11.5 Å². The molecule has 1 N–H and O–H groups in total. The van der Waals surface area contributed by atoms with E-state index in [1.807, 2.05) is 18.2 Å². The highest BCUT2D eigenvalue weighted by molar-refractivity contribution is 6.31. The molecule has 106 valence electrons. The molecule has 20 heavy (non-hydrogen) atoms. The summed E-state index contributed by atoms with van der Waals surface area (Å²) in [5.41, 5.74) is 1.44. The quantitative estimate of drug-likeness (QED) is 0.865. The standard InChI is InChI=1S/C16H18ClFN2/c1-2-9-19-16(15-8-3-4-10-20-15)11-12-13(17)6-5-7-14(12)18/h3-8,10,16,19H,2,9,11H2,1H3. The topological polar surface area (TPSA) is 24.9 Å².